The molecule has 0 radical (unpaired) electrons. The van der Waals surface area contributed by atoms with Crippen molar-refractivity contribution >= 4 is 25.7 Å². The number of hydrogen-bond donors (Lipinski definition) is 1. The molecule has 0 aromatic heterocycles. The summed E-state index contributed by atoms with van der Waals surface area (Å²) in [6.07, 6.45) is 2.68. The van der Waals surface area contributed by atoms with Gasteiger partial charge in [0.1, 0.15) is 0 Å². The van der Waals surface area contributed by atoms with Gasteiger partial charge >= 0.3 is 0 Å². The molecule has 7 nitrogen and oxygen atoms in total. The topological polar surface area (TPSA) is 92.8 Å². The van der Waals surface area contributed by atoms with Crippen molar-refractivity contribution in [1.82, 2.24) is 4.31 Å². The number of rotatable bonds is 6. The maximum atomic E-state index is 13.5. The minimum atomic E-state index is -3.99. The molecule has 2 aromatic rings. The van der Waals surface area contributed by atoms with E-state index in [-0.39, 0.29) is 21.2 Å². The lowest BCUT2D eigenvalue weighted by Crippen LogP contribution is -2.35. The number of methoxy groups -OCH3 is 1. The Morgan fingerprint density at radius 2 is 1.54 bits per heavy atom. The molecule has 152 valence electrons. The van der Waals surface area contributed by atoms with Gasteiger partial charge in [-0.05, 0) is 49.2 Å². The molecule has 0 amide bonds. The molecule has 1 saturated heterocycles. The number of ether oxygens (including phenoxy) is 1. The lowest BCUT2D eigenvalue weighted by molar-refractivity contribution is 0.346. The van der Waals surface area contributed by atoms with E-state index in [1.165, 1.54) is 35.7 Å². The maximum Gasteiger partial charge on any atom is 0.262 e. The average molecular weight is 429 g/mol. The summed E-state index contributed by atoms with van der Waals surface area (Å²) in [7, 11) is -6.34. The van der Waals surface area contributed by atoms with Gasteiger partial charge in [0.05, 0.1) is 16.9 Å². The van der Waals surface area contributed by atoms with E-state index in [0.717, 1.165) is 37.5 Å². The first kappa shape index (κ1) is 20.6. The molecule has 1 N–H and O–H groups in total. The van der Waals surface area contributed by atoms with Gasteiger partial charge in [-0.1, -0.05) is 6.42 Å². The SMILES string of the molecule is COc1cc(S(=O)(=O)Nc2ccc(S(=O)(=O)N3CCCCC3)cc2)ccc1F. The predicted octanol–water partition coefficient (Wildman–Crippen LogP) is 2.81. The third-order valence-electron chi connectivity index (χ3n) is 4.49. The second-order valence-electron chi connectivity index (χ2n) is 6.39. The largest absolute Gasteiger partial charge is 0.494 e. The summed E-state index contributed by atoms with van der Waals surface area (Å²) in [5, 5.41) is 0. The van der Waals surface area contributed by atoms with Crippen molar-refractivity contribution in [2.45, 2.75) is 29.1 Å². The summed E-state index contributed by atoms with van der Waals surface area (Å²) >= 11 is 0. The molecule has 1 fully saturated rings. The Kier molecular flexibility index (Phi) is 5.92. The average Bonchev–Trinajstić information content (AvgIpc) is 2.69. The fraction of sp³-hybridized carbons (Fsp3) is 0.333. The lowest BCUT2D eigenvalue weighted by Gasteiger charge is -2.25. The van der Waals surface area contributed by atoms with Gasteiger partial charge < -0.3 is 4.74 Å². The highest BCUT2D eigenvalue weighted by Crippen LogP contribution is 2.25. The molecule has 28 heavy (non-hydrogen) atoms. The van der Waals surface area contributed by atoms with Crippen molar-refractivity contribution in [2.24, 2.45) is 0 Å². The van der Waals surface area contributed by atoms with Gasteiger partial charge in [0.2, 0.25) is 10.0 Å². The number of anilines is 1. The number of benzene rings is 2. The molecule has 0 saturated carbocycles. The number of nitrogens with one attached hydrogen (secondary N) is 1. The fourth-order valence-electron chi connectivity index (χ4n) is 2.97. The Morgan fingerprint density at radius 3 is 2.14 bits per heavy atom. The molecule has 0 aliphatic carbocycles. The molecule has 0 spiro atoms. The van der Waals surface area contributed by atoms with Crippen LogP contribution < -0.4 is 9.46 Å². The van der Waals surface area contributed by atoms with Crippen LogP contribution in [-0.2, 0) is 20.0 Å². The molecular weight excluding hydrogens is 407 g/mol. The number of piperidine rings is 1. The van der Waals surface area contributed by atoms with Gasteiger partial charge in [-0.3, -0.25) is 4.72 Å². The molecule has 2 aromatic carbocycles. The third-order valence-corrected chi connectivity index (χ3v) is 7.78. The van der Waals surface area contributed by atoms with Gasteiger partial charge in [0, 0.05) is 24.8 Å². The summed E-state index contributed by atoms with van der Waals surface area (Å²) in [6.45, 7) is 0.978. The Morgan fingerprint density at radius 1 is 0.929 bits per heavy atom. The van der Waals surface area contributed by atoms with Crippen molar-refractivity contribution in [3.63, 3.8) is 0 Å². The van der Waals surface area contributed by atoms with Crippen LogP contribution in [-0.4, -0.2) is 41.3 Å². The van der Waals surface area contributed by atoms with Crippen molar-refractivity contribution < 1.29 is 26.0 Å². The van der Waals surface area contributed by atoms with Gasteiger partial charge in [-0.15, -0.1) is 0 Å². The minimum Gasteiger partial charge on any atom is -0.494 e. The molecule has 1 aliphatic rings. The predicted molar refractivity (Wildman–Crippen MR) is 103 cm³/mol. The van der Waals surface area contributed by atoms with Crippen LogP contribution >= 0.6 is 0 Å². The molecule has 10 heteroatoms. The van der Waals surface area contributed by atoms with E-state index >= 15 is 0 Å². The van der Waals surface area contributed by atoms with Crippen LogP contribution in [0.4, 0.5) is 10.1 Å². The van der Waals surface area contributed by atoms with E-state index in [1.807, 2.05) is 0 Å². The summed E-state index contributed by atoms with van der Waals surface area (Å²) < 4.78 is 72.4. The van der Waals surface area contributed by atoms with E-state index in [1.54, 1.807) is 0 Å². The van der Waals surface area contributed by atoms with Crippen molar-refractivity contribution in [3.8, 4) is 5.75 Å². The van der Waals surface area contributed by atoms with Crippen LogP contribution in [0.1, 0.15) is 19.3 Å². The number of hydrogen-bond acceptors (Lipinski definition) is 5. The highest BCUT2D eigenvalue weighted by Gasteiger charge is 2.26. The van der Waals surface area contributed by atoms with E-state index < -0.39 is 25.9 Å². The zero-order valence-corrected chi connectivity index (χ0v) is 16.9. The monoisotopic (exact) mass is 428 g/mol. The third kappa shape index (κ3) is 4.29. The lowest BCUT2D eigenvalue weighted by atomic mass is 10.2. The molecule has 3 rings (SSSR count). The number of nitrogens with zero attached hydrogens (tertiary/aromatic N) is 1. The van der Waals surface area contributed by atoms with Crippen molar-refractivity contribution in [2.75, 3.05) is 24.9 Å². The first-order valence-electron chi connectivity index (χ1n) is 8.70. The van der Waals surface area contributed by atoms with Crippen LogP contribution in [0.5, 0.6) is 5.75 Å². The van der Waals surface area contributed by atoms with Crippen molar-refractivity contribution in [1.29, 1.82) is 0 Å². The highest BCUT2D eigenvalue weighted by atomic mass is 32.2. The van der Waals surface area contributed by atoms with Gasteiger partial charge in [0.15, 0.2) is 11.6 Å². The van der Waals surface area contributed by atoms with Crippen LogP contribution in [0, 0.1) is 5.82 Å². The molecule has 0 unspecified atom stereocenters. The zero-order chi connectivity index (χ0) is 20.4. The van der Waals surface area contributed by atoms with E-state index in [0.29, 0.717) is 13.1 Å². The summed E-state index contributed by atoms with van der Waals surface area (Å²) in [5.41, 5.74) is 0.195. The van der Waals surface area contributed by atoms with Gasteiger partial charge in [0.25, 0.3) is 10.0 Å². The van der Waals surface area contributed by atoms with Gasteiger partial charge in [-0.2, -0.15) is 4.31 Å². The second kappa shape index (κ2) is 8.06. The highest BCUT2D eigenvalue weighted by molar-refractivity contribution is 7.92. The maximum absolute atomic E-state index is 13.5. The molecule has 1 heterocycles. The summed E-state index contributed by atoms with van der Waals surface area (Å²) in [4.78, 5) is -0.0587. The normalized spacial score (nSPS) is 15.9. The smallest absolute Gasteiger partial charge is 0.262 e. The van der Waals surface area contributed by atoms with Crippen molar-refractivity contribution in [3.05, 3.63) is 48.3 Å². The van der Waals surface area contributed by atoms with E-state index in [9.17, 15) is 21.2 Å². The minimum absolute atomic E-state index is 0.112. The van der Waals surface area contributed by atoms with E-state index in [2.05, 4.69) is 4.72 Å². The molecular formula is C18H21FN2O5S2. The number of halogens is 1. The second-order valence-corrected chi connectivity index (χ2v) is 10.0. The first-order valence-corrected chi connectivity index (χ1v) is 11.6. The first-order chi connectivity index (χ1) is 13.2. The Balaban J connectivity index is 1.80. The van der Waals surface area contributed by atoms with Crippen LogP contribution in [0.15, 0.2) is 52.3 Å². The molecule has 1 aliphatic heterocycles. The Labute approximate surface area is 164 Å². The van der Waals surface area contributed by atoms with Crippen LogP contribution in [0.2, 0.25) is 0 Å². The summed E-state index contributed by atoms with van der Waals surface area (Å²) in [6, 6.07) is 8.70. The Bertz CT molecular complexity index is 1050. The number of sulfonamides is 2. The van der Waals surface area contributed by atoms with E-state index in [4.69, 9.17) is 4.74 Å². The Hall–Kier alpha value is -2.17. The standard InChI is InChI=1S/C18H21FN2O5S2/c1-26-18-13-16(9-10-17(18)19)27(22,23)20-14-5-7-15(8-6-14)28(24,25)21-11-3-2-4-12-21/h5-10,13,20H,2-4,11-12H2,1H3. The zero-order valence-electron chi connectivity index (χ0n) is 15.3. The quantitative estimate of drug-likeness (QED) is 0.764. The summed E-state index contributed by atoms with van der Waals surface area (Å²) in [5.74, 6) is -0.862. The van der Waals surface area contributed by atoms with Crippen LogP contribution in [0.25, 0.3) is 0 Å². The van der Waals surface area contributed by atoms with Gasteiger partial charge in [-0.25, -0.2) is 21.2 Å². The molecule has 0 atom stereocenters. The van der Waals surface area contributed by atoms with Crippen LogP contribution in [0.3, 0.4) is 0 Å². The molecule has 0 bridgehead atoms. The fourth-order valence-corrected chi connectivity index (χ4v) is 5.56.